The van der Waals surface area contributed by atoms with E-state index in [-0.39, 0.29) is 0 Å². The van der Waals surface area contributed by atoms with Crippen LogP contribution in [0.3, 0.4) is 0 Å². The van der Waals surface area contributed by atoms with Crippen LogP contribution in [0.15, 0.2) is 21.6 Å². The molecule has 0 heterocycles. The fourth-order valence-electron chi connectivity index (χ4n) is 0.826. The van der Waals surface area contributed by atoms with E-state index in [1.807, 2.05) is 6.92 Å². The van der Waals surface area contributed by atoms with E-state index in [4.69, 9.17) is 11.6 Å². The molecule has 1 aromatic carbocycles. The van der Waals surface area contributed by atoms with Crippen LogP contribution in [0.5, 0.6) is 0 Å². The maximum absolute atomic E-state index is 9.94. The normalized spacial score (nSPS) is 9.25. The van der Waals surface area contributed by atoms with Crippen molar-refractivity contribution in [3.05, 3.63) is 27.2 Å². The van der Waals surface area contributed by atoms with Crippen molar-refractivity contribution in [1.82, 2.24) is 0 Å². The van der Waals surface area contributed by atoms with Crippen LogP contribution in [0.25, 0.3) is 0 Å². The maximum atomic E-state index is 9.94. The lowest BCUT2D eigenvalue weighted by Gasteiger charge is -2.00. The van der Waals surface area contributed by atoms with Crippen LogP contribution in [0.2, 0.25) is 5.02 Å². The fourth-order valence-corrected chi connectivity index (χ4v) is 1.48. The zero-order chi connectivity index (χ0) is 9.14. The lowest BCUT2D eigenvalue weighted by Crippen LogP contribution is -1.76. The highest BCUT2D eigenvalue weighted by atomic mass is 79.9. The summed E-state index contributed by atoms with van der Waals surface area (Å²) in [7, 11) is 0. The van der Waals surface area contributed by atoms with Gasteiger partial charge in [0.2, 0.25) is 6.08 Å². The summed E-state index contributed by atoms with van der Waals surface area (Å²) in [5.74, 6) is 0. The lowest BCUT2D eigenvalue weighted by atomic mass is 10.2. The highest BCUT2D eigenvalue weighted by Gasteiger charge is 2.02. The van der Waals surface area contributed by atoms with Gasteiger partial charge in [-0.3, -0.25) is 0 Å². The van der Waals surface area contributed by atoms with E-state index in [1.165, 1.54) is 6.08 Å². The summed E-state index contributed by atoms with van der Waals surface area (Å²) in [5, 5.41) is 0.639. The van der Waals surface area contributed by atoms with Gasteiger partial charge in [-0.05, 0) is 40.5 Å². The van der Waals surface area contributed by atoms with Crippen molar-refractivity contribution >= 4 is 39.3 Å². The van der Waals surface area contributed by atoms with Gasteiger partial charge in [-0.15, -0.1) is 0 Å². The van der Waals surface area contributed by atoms with Crippen molar-refractivity contribution in [3.63, 3.8) is 0 Å². The monoisotopic (exact) mass is 245 g/mol. The third-order valence-electron chi connectivity index (χ3n) is 1.37. The first-order valence-corrected chi connectivity index (χ1v) is 4.35. The van der Waals surface area contributed by atoms with Crippen LogP contribution in [0, 0.1) is 6.92 Å². The van der Waals surface area contributed by atoms with Gasteiger partial charge < -0.3 is 0 Å². The number of rotatable bonds is 1. The summed E-state index contributed by atoms with van der Waals surface area (Å²) in [6, 6.07) is 3.39. The Labute approximate surface area is 83.4 Å². The molecular weight excluding hydrogens is 241 g/mol. The average Bonchev–Trinajstić information content (AvgIpc) is 2.01. The second-order valence-corrected chi connectivity index (χ2v) is 3.49. The summed E-state index contributed by atoms with van der Waals surface area (Å²) >= 11 is 9.11. The van der Waals surface area contributed by atoms with Gasteiger partial charge in [-0.25, -0.2) is 4.79 Å². The molecule has 0 aliphatic heterocycles. The van der Waals surface area contributed by atoms with Gasteiger partial charge in [-0.1, -0.05) is 11.6 Å². The van der Waals surface area contributed by atoms with E-state index in [2.05, 4.69) is 20.9 Å². The number of nitrogens with zero attached hydrogens (tertiary/aromatic N) is 1. The molecule has 0 N–H and O–H groups in total. The summed E-state index contributed by atoms with van der Waals surface area (Å²) < 4.78 is 0.734. The number of isocyanates is 1. The van der Waals surface area contributed by atoms with E-state index in [0.717, 1.165) is 10.0 Å². The SMILES string of the molecule is Cc1cc(N=C=O)cc(Br)c1Cl. The average molecular weight is 246 g/mol. The molecule has 0 spiro atoms. The molecule has 0 atom stereocenters. The minimum Gasteiger partial charge on any atom is -0.211 e. The molecule has 1 rings (SSSR count). The Morgan fingerprint density at radius 3 is 2.75 bits per heavy atom. The van der Waals surface area contributed by atoms with Crippen molar-refractivity contribution in [2.24, 2.45) is 4.99 Å². The molecule has 0 radical (unpaired) electrons. The van der Waals surface area contributed by atoms with Crippen molar-refractivity contribution in [2.75, 3.05) is 0 Å². The standard InChI is InChI=1S/C8H5BrClNO/c1-5-2-6(11-4-12)3-7(9)8(5)10/h2-3H,1H3. The molecule has 0 amide bonds. The van der Waals surface area contributed by atoms with Crippen molar-refractivity contribution in [1.29, 1.82) is 0 Å². The number of aliphatic imine (C=N–C) groups is 1. The third kappa shape index (κ3) is 1.95. The van der Waals surface area contributed by atoms with Crippen LogP contribution in [-0.2, 0) is 4.79 Å². The van der Waals surface area contributed by atoms with Crippen LogP contribution >= 0.6 is 27.5 Å². The molecule has 4 heteroatoms. The van der Waals surface area contributed by atoms with E-state index in [0.29, 0.717) is 10.7 Å². The predicted molar refractivity (Wildman–Crippen MR) is 51.7 cm³/mol. The second kappa shape index (κ2) is 3.85. The van der Waals surface area contributed by atoms with Crippen molar-refractivity contribution in [3.8, 4) is 0 Å². The van der Waals surface area contributed by atoms with E-state index >= 15 is 0 Å². The Morgan fingerprint density at radius 1 is 1.58 bits per heavy atom. The largest absolute Gasteiger partial charge is 0.240 e. The smallest absolute Gasteiger partial charge is 0.211 e. The number of carbonyl (C=O) groups excluding carboxylic acids is 1. The Bertz CT molecular complexity index is 335. The van der Waals surface area contributed by atoms with E-state index in [9.17, 15) is 4.79 Å². The number of hydrogen-bond acceptors (Lipinski definition) is 2. The molecule has 0 aromatic heterocycles. The van der Waals surface area contributed by atoms with Crippen LogP contribution in [0.4, 0.5) is 5.69 Å². The summed E-state index contributed by atoms with van der Waals surface area (Å²) in [6.45, 7) is 1.84. The number of benzene rings is 1. The molecule has 0 aliphatic carbocycles. The number of halogens is 2. The zero-order valence-electron chi connectivity index (χ0n) is 6.27. The molecule has 0 saturated heterocycles. The van der Waals surface area contributed by atoms with Gasteiger partial charge in [0, 0.05) is 4.47 Å². The van der Waals surface area contributed by atoms with Crippen LogP contribution in [0.1, 0.15) is 5.56 Å². The summed E-state index contributed by atoms with van der Waals surface area (Å²) in [5.41, 5.74) is 1.43. The molecule has 0 fully saturated rings. The second-order valence-electron chi connectivity index (χ2n) is 2.26. The Balaban J connectivity index is 3.30. The van der Waals surface area contributed by atoms with E-state index < -0.39 is 0 Å². The molecule has 0 unspecified atom stereocenters. The van der Waals surface area contributed by atoms with Crippen LogP contribution in [-0.4, -0.2) is 6.08 Å². The first-order chi connectivity index (χ1) is 5.65. The first kappa shape index (κ1) is 9.46. The Kier molecular flexibility index (Phi) is 3.04. The molecule has 0 aliphatic rings. The van der Waals surface area contributed by atoms with Crippen molar-refractivity contribution < 1.29 is 4.79 Å². The zero-order valence-corrected chi connectivity index (χ0v) is 8.61. The topological polar surface area (TPSA) is 29.4 Å². The van der Waals surface area contributed by atoms with Gasteiger partial charge in [0.05, 0.1) is 10.7 Å². The molecule has 0 bridgehead atoms. The summed E-state index contributed by atoms with van der Waals surface area (Å²) in [6.07, 6.45) is 1.47. The molecule has 62 valence electrons. The predicted octanol–water partition coefficient (Wildman–Crippen LogP) is 3.38. The quantitative estimate of drug-likeness (QED) is 0.552. The first-order valence-electron chi connectivity index (χ1n) is 3.18. The minimum absolute atomic E-state index is 0.554. The Morgan fingerprint density at radius 2 is 2.25 bits per heavy atom. The highest BCUT2D eigenvalue weighted by molar-refractivity contribution is 9.10. The molecule has 2 nitrogen and oxygen atoms in total. The van der Waals surface area contributed by atoms with Gasteiger partial charge in [-0.2, -0.15) is 4.99 Å². The van der Waals surface area contributed by atoms with Gasteiger partial charge in [0.25, 0.3) is 0 Å². The third-order valence-corrected chi connectivity index (χ3v) is 2.73. The van der Waals surface area contributed by atoms with Gasteiger partial charge >= 0.3 is 0 Å². The maximum Gasteiger partial charge on any atom is 0.240 e. The molecular formula is C8H5BrClNO. The fraction of sp³-hybridized carbons (Fsp3) is 0.125. The Hall–Kier alpha value is -0.630. The number of hydrogen-bond donors (Lipinski definition) is 0. The van der Waals surface area contributed by atoms with Gasteiger partial charge in [0.15, 0.2) is 0 Å². The highest BCUT2D eigenvalue weighted by Crippen LogP contribution is 2.30. The molecule has 0 saturated carbocycles. The molecule has 12 heavy (non-hydrogen) atoms. The van der Waals surface area contributed by atoms with Gasteiger partial charge in [0.1, 0.15) is 0 Å². The lowest BCUT2D eigenvalue weighted by molar-refractivity contribution is 0.565. The minimum atomic E-state index is 0.554. The number of aryl methyl sites for hydroxylation is 1. The molecule has 1 aromatic rings. The van der Waals surface area contributed by atoms with Crippen molar-refractivity contribution in [2.45, 2.75) is 6.92 Å². The van der Waals surface area contributed by atoms with E-state index in [1.54, 1.807) is 12.1 Å². The van der Waals surface area contributed by atoms with Crippen LogP contribution < -0.4 is 0 Å². The summed E-state index contributed by atoms with van der Waals surface area (Å²) in [4.78, 5) is 13.4.